The van der Waals surface area contributed by atoms with Crippen LogP contribution in [0.3, 0.4) is 0 Å². The molecule has 0 radical (unpaired) electrons. The van der Waals surface area contributed by atoms with Gasteiger partial charge in [0.25, 0.3) is 5.91 Å². The van der Waals surface area contributed by atoms with Crippen LogP contribution in [0.4, 0.5) is 4.79 Å². The van der Waals surface area contributed by atoms with Gasteiger partial charge in [0.2, 0.25) is 11.7 Å². The molecular formula is C26H40N4O6. The van der Waals surface area contributed by atoms with Crippen molar-refractivity contribution in [2.45, 2.75) is 72.9 Å². The minimum Gasteiger partial charge on any atom is -0.465 e. The predicted octanol–water partition coefficient (Wildman–Crippen LogP) is 2.53. The smallest absolute Gasteiger partial charge is 0.405 e. The molecule has 0 aliphatic rings. The summed E-state index contributed by atoms with van der Waals surface area (Å²) in [6, 6.07) is 6.76. The van der Waals surface area contributed by atoms with Crippen molar-refractivity contribution in [3.63, 3.8) is 0 Å². The third kappa shape index (κ3) is 11.3. The van der Waals surface area contributed by atoms with Gasteiger partial charge in [0, 0.05) is 13.0 Å². The summed E-state index contributed by atoms with van der Waals surface area (Å²) in [6.45, 7) is 11.2. The topological polar surface area (TPSA) is 145 Å². The van der Waals surface area contributed by atoms with Crippen LogP contribution in [-0.4, -0.2) is 58.3 Å². The zero-order valence-electron chi connectivity index (χ0n) is 22.0. The molecule has 0 unspecified atom stereocenters. The Labute approximate surface area is 213 Å². The van der Waals surface area contributed by atoms with E-state index in [1.807, 2.05) is 47.6 Å². The van der Waals surface area contributed by atoms with E-state index in [0.29, 0.717) is 5.56 Å². The number of ketones is 1. The molecular weight excluding hydrogens is 464 g/mol. The molecule has 0 bridgehead atoms. The van der Waals surface area contributed by atoms with E-state index in [2.05, 4.69) is 16.1 Å². The number of carboxylic acid groups (broad SMARTS) is 1. The van der Waals surface area contributed by atoms with Crippen LogP contribution in [0.2, 0.25) is 0 Å². The van der Waals surface area contributed by atoms with Gasteiger partial charge in [-0.3, -0.25) is 24.6 Å². The highest BCUT2D eigenvalue weighted by Gasteiger charge is 2.31. The fraction of sp³-hybridized carbons (Fsp3) is 0.577. The summed E-state index contributed by atoms with van der Waals surface area (Å²) in [6.07, 6.45) is -0.944. The summed E-state index contributed by atoms with van der Waals surface area (Å²) in [7, 11) is 0. The van der Waals surface area contributed by atoms with Crippen molar-refractivity contribution in [1.82, 2.24) is 21.1 Å². The molecule has 1 aromatic carbocycles. The first kappa shape index (κ1) is 30.6. The Bertz CT molecular complexity index is 901. The maximum absolute atomic E-state index is 13.2. The van der Waals surface area contributed by atoms with E-state index in [0.717, 1.165) is 5.01 Å². The summed E-state index contributed by atoms with van der Waals surface area (Å²) >= 11 is 0. The zero-order chi connectivity index (χ0) is 27.4. The number of hydrazine groups is 1. The van der Waals surface area contributed by atoms with E-state index in [-0.39, 0.29) is 43.6 Å². The van der Waals surface area contributed by atoms with E-state index < -0.39 is 41.7 Å². The summed E-state index contributed by atoms with van der Waals surface area (Å²) in [5, 5.41) is 14.9. The Morgan fingerprint density at radius 1 is 0.778 bits per heavy atom. The lowest BCUT2D eigenvalue weighted by Crippen LogP contribution is -2.58. The van der Waals surface area contributed by atoms with Gasteiger partial charge in [0.15, 0.2) is 0 Å². The monoisotopic (exact) mass is 504 g/mol. The highest BCUT2D eigenvalue weighted by molar-refractivity contribution is 6.36. The second-order valence-corrected chi connectivity index (χ2v) is 10.2. The van der Waals surface area contributed by atoms with Gasteiger partial charge >= 0.3 is 12.0 Å². The van der Waals surface area contributed by atoms with Crippen molar-refractivity contribution in [3.8, 4) is 0 Å². The molecule has 1 rings (SSSR count). The molecule has 0 heterocycles. The van der Waals surface area contributed by atoms with Crippen LogP contribution >= 0.6 is 0 Å². The lowest BCUT2D eigenvalue weighted by atomic mass is 10.0. The van der Waals surface area contributed by atoms with Crippen LogP contribution in [0.5, 0.6) is 0 Å². The average molecular weight is 505 g/mol. The van der Waals surface area contributed by atoms with Gasteiger partial charge in [-0.15, -0.1) is 0 Å². The first-order chi connectivity index (χ1) is 16.8. The van der Waals surface area contributed by atoms with Gasteiger partial charge in [0.05, 0.1) is 0 Å². The van der Waals surface area contributed by atoms with E-state index >= 15 is 0 Å². The zero-order valence-corrected chi connectivity index (χ0v) is 22.0. The molecule has 1 aromatic rings. The van der Waals surface area contributed by atoms with Gasteiger partial charge in [-0.05, 0) is 36.2 Å². The van der Waals surface area contributed by atoms with Crippen molar-refractivity contribution in [1.29, 1.82) is 0 Å². The summed E-state index contributed by atoms with van der Waals surface area (Å²) in [4.78, 5) is 62.8. The lowest BCUT2D eigenvalue weighted by molar-refractivity contribution is -0.150. The summed E-state index contributed by atoms with van der Waals surface area (Å²) < 4.78 is 0. The number of nitrogens with zero attached hydrogens (tertiary/aromatic N) is 1. The molecule has 4 N–H and O–H groups in total. The number of carbonyl (C=O) groups excluding carboxylic acids is 4. The van der Waals surface area contributed by atoms with E-state index in [1.165, 1.54) is 0 Å². The standard InChI is InChI=1S/C26H40N4O6/c1-16(2)12-20(28-26(35)36)23(32)27-21(13-17(3)4)24(33)29-30(15-18(5)6)25(34)22(31)14-19-10-8-7-9-11-19/h7-11,16-18,20-21,28H,12-15H2,1-6H3,(H,27,32)(H,29,33)(H,35,36)/t20-,21-/m0/s1. The third-order valence-electron chi connectivity index (χ3n) is 5.15. The van der Waals surface area contributed by atoms with Crippen molar-refractivity contribution < 1.29 is 29.1 Å². The molecule has 0 aliphatic heterocycles. The van der Waals surface area contributed by atoms with Crippen LogP contribution < -0.4 is 16.1 Å². The second kappa shape index (κ2) is 14.9. The van der Waals surface area contributed by atoms with Crippen molar-refractivity contribution >= 4 is 29.6 Å². The van der Waals surface area contributed by atoms with Crippen LogP contribution in [-0.2, 0) is 25.6 Å². The molecule has 0 saturated heterocycles. The van der Waals surface area contributed by atoms with Crippen LogP contribution in [0, 0.1) is 17.8 Å². The van der Waals surface area contributed by atoms with Gasteiger partial charge in [-0.1, -0.05) is 71.9 Å². The highest BCUT2D eigenvalue weighted by atomic mass is 16.4. The van der Waals surface area contributed by atoms with Crippen LogP contribution in [0.15, 0.2) is 30.3 Å². The number of rotatable bonds is 13. The maximum Gasteiger partial charge on any atom is 0.405 e. The second-order valence-electron chi connectivity index (χ2n) is 10.2. The minimum atomic E-state index is -1.34. The molecule has 10 nitrogen and oxygen atoms in total. The quantitative estimate of drug-likeness (QED) is 0.240. The molecule has 0 fully saturated rings. The first-order valence-electron chi connectivity index (χ1n) is 12.3. The van der Waals surface area contributed by atoms with Crippen molar-refractivity contribution in [2.75, 3.05) is 6.54 Å². The van der Waals surface area contributed by atoms with Crippen molar-refractivity contribution in [3.05, 3.63) is 35.9 Å². The molecule has 10 heteroatoms. The SMILES string of the molecule is CC(C)C[C@H](NC(=O)O)C(=O)N[C@@H](CC(C)C)C(=O)NN(CC(C)C)C(=O)C(=O)Cc1ccccc1. The lowest BCUT2D eigenvalue weighted by Gasteiger charge is -2.29. The molecule has 2 atom stereocenters. The Balaban J connectivity index is 3.04. The number of amides is 4. The van der Waals surface area contributed by atoms with Crippen molar-refractivity contribution in [2.24, 2.45) is 17.8 Å². The molecule has 200 valence electrons. The minimum absolute atomic E-state index is 0.00555. The van der Waals surface area contributed by atoms with Gasteiger partial charge in [-0.25, -0.2) is 9.80 Å². The number of hydrogen-bond donors (Lipinski definition) is 4. The third-order valence-corrected chi connectivity index (χ3v) is 5.15. The Morgan fingerprint density at radius 3 is 1.78 bits per heavy atom. The molecule has 0 aromatic heterocycles. The maximum atomic E-state index is 13.2. The Hall–Kier alpha value is -3.43. The molecule has 0 aliphatic carbocycles. The van der Waals surface area contributed by atoms with E-state index in [1.54, 1.807) is 24.3 Å². The van der Waals surface area contributed by atoms with Crippen LogP contribution in [0.25, 0.3) is 0 Å². The Morgan fingerprint density at radius 2 is 1.31 bits per heavy atom. The molecule has 0 saturated carbocycles. The molecule has 4 amide bonds. The van der Waals surface area contributed by atoms with Crippen LogP contribution in [0.1, 0.15) is 59.9 Å². The number of Topliss-reactive ketones (excluding diaryl/α,β-unsaturated/α-hetero) is 1. The highest BCUT2D eigenvalue weighted by Crippen LogP contribution is 2.10. The van der Waals surface area contributed by atoms with E-state index in [9.17, 15) is 24.0 Å². The van der Waals surface area contributed by atoms with E-state index in [4.69, 9.17) is 5.11 Å². The number of benzene rings is 1. The summed E-state index contributed by atoms with van der Waals surface area (Å²) in [5.41, 5.74) is 3.20. The predicted molar refractivity (Wildman–Crippen MR) is 136 cm³/mol. The summed E-state index contributed by atoms with van der Waals surface area (Å²) in [5.74, 6) is -2.82. The number of nitrogens with one attached hydrogen (secondary N) is 3. The fourth-order valence-electron chi connectivity index (χ4n) is 3.59. The number of hydrogen-bond acceptors (Lipinski definition) is 5. The Kier molecular flexibility index (Phi) is 12.6. The van der Waals surface area contributed by atoms with Gasteiger partial charge in [-0.2, -0.15) is 0 Å². The largest absolute Gasteiger partial charge is 0.465 e. The molecule has 36 heavy (non-hydrogen) atoms. The van der Waals surface area contributed by atoms with Gasteiger partial charge in [0.1, 0.15) is 12.1 Å². The first-order valence-corrected chi connectivity index (χ1v) is 12.3. The van der Waals surface area contributed by atoms with Gasteiger partial charge < -0.3 is 15.7 Å². The normalized spacial score (nSPS) is 12.7. The molecule has 0 spiro atoms. The average Bonchev–Trinajstić information content (AvgIpc) is 2.76. The number of carbonyl (C=O) groups is 5. The fourth-order valence-corrected chi connectivity index (χ4v) is 3.59.